The van der Waals surface area contributed by atoms with Gasteiger partial charge in [0, 0.05) is 30.3 Å². The largest absolute Gasteiger partial charge is 0.342 e. The molecule has 2 nitrogen and oxygen atoms in total. The van der Waals surface area contributed by atoms with Crippen molar-refractivity contribution in [2.75, 3.05) is 13.1 Å². The highest BCUT2D eigenvalue weighted by Gasteiger charge is 2.50. The van der Waals surface area contributed by atoms with E-state index >= 15 is 0 Å². The zero-order chi connectivity index (χ0) is 17.9. The first-order valence-corrected chi connectivity index (χ1v) is 9.45. The monoisotopic (exact) mass is 335 g/mol. The summed E-state index contributed by atoms with van der Waals surface area (Å²) >= 11 is 0. The van der Waals surface area contributed by atoms with Crippen LogP contribution in [0.2, 0.25) is 0 Å². The smallest absolute Gasteiger partial charge is 0.228 e. The van der Waals surface area contributed by atoms with Crippen LogP contribution in [0.5, 0.6) is 0 Å². The Balaban J connectivity index is 2.00. The van der Waals surface area contributed by atoms with Gasteiger partial charge >= 0.3 is 0 Å². The van der Waals surface area contributed by atoms with Gasteiger partial charge in [-0.15, -0.1) is 0 Å². The predicted molar refractivity (Wildman–Crippen MR) is 103 cm³/mol. The number of amides is 1. The molecule has 132 valence electrons. The summed E-state index contributed by atoms with van der Waals surface area (Å²) in [5.74, 6) is 0.831. The lowest BCUT2D eigenvalue weighted by Crippen LogP contribution is -2.33. The van der Waals surface area contributed by atoms with Crippen molar-refractivity contribution in [1.82, 2.24) is 4.90 Å². The van der Waals surface area contributed by atoms with Gasteiger partial charge in [0.1, 0.15) is 0 Å². The van der Waals surface area contributed by atoms with Crippen molar-refractivity contribution in [3.63, 3.8) is 0 Å². The number of hydrogen-bond donors (Lipinski definition) is 0. The van der Waals surface area contributed by atoms with Gasteiger partial charge in [-0.25, -0.2) is 0 Å². The molecular weight excluding hydrogens is 306 g/mol. The fourth-order valence-corrected chi connectivity index (χ4v) is 4.16. The summed E-state index contributed by atoms with van der Waals surface area (Å²) in [6.07, 6.45) is 2.20. The lowest BCUT2D eigenvalue weighted by Gasteiger charge is -2.32. The second kappa shape index (κ2) is 7.43. The number of carbonyl (C=O) groups excluding carboxylic acids is 1. The Hall–Kier alpha value is -2.09. The second-order valence-corrected chi connectivity index (χ2v) is 7.73. The van der Waals surface area contributed by atoms with Crippen LogP contribution < -0.4 is 0 Å². The molecule has 1 aliphatic rings. The molecule has 2 heteroatoms. The molecule has 1 unspecified atom stereocenters. The van der Waals surface area contributed by atoms with Crippen LogP contribution in [-0.2, 0) is 4.79 Å². The van der Waals surface area contributed by atoms with Gasteiger partial charge in [-0.2, -0.15) is 0 Å². The van der Waals surface area contributed by atoms with Crippen molar-refractivity contribution in [3.8, 4) is 0 Å². The van der Waals surface area contributed by atoms with E-state index < -0.39 is 0 Å². The van der Waals surface area contributed by atoms with E-state index in [1.165, 1.54) is 11.1 Å². The molecule has 3 rings (SSSR count). The summed E-state index contributed by atoms with van der Waals surface area (Å²) in [5, 5.41) is 0. The van der Waals surface area contributed by atoms with Gasteiger partial charge in [0.05, 0.1) is 0 Å². The molecule has 1 fully saturated rings. The third-order valence-electron chi connectivity index (χ3n) is 5.68. The normalized spacial score (nSPS) is 19.6. The zero-order valence-electron chi connectivity index (χ0n) is 15.6. The third-order valence-corrected chi connectivity index (χ3v) is 5.68. The highest BCUT2D eigenvalue weighted by molar-refractivity contribution is 5.85. The summed E-state index contributed by atoms with van der Waals surface area (Å²) in [7, 11) is 0. The Morgan fingerprint density at radius 1 is 1.00 bits per heavy atom. The molecular formula is C23H29NO. The van der Waals surface area contributed by atoms with Crippen LogP contribution >= 0.6 is 0 Å². The van der Waals surface area contributed by atoms with Crippen molar-refractivity contribution in [1.29, 1.82) is 0 Å². The molecule has 0 saturated carbocycles. The molecule has 0 bridgehead atoms. The van der Waals surface area contributed by atoms with E-state index in [1.807, 2.05) is 0 Å². The fourth-order valence-electron chi connectivity index (χ4n) is 4.16. The molecule has 0 aliphatic carbocycles. The Kier molecular flexibility index (Phi) is 5.27. The van der Waals surface area contributed by atoms with Gasteiger partial charge in [-0.05, 0) is 17.5 Å². The zero-order valence-corrected chi connectivity index (χ0v) is 15.6. The lowest BCUT2D eigenvalue weighted by atomic mass is 9.69. The van der Waals surface area contributed by atoms with Gasteiger partial charge in [0.15, 0.2) is 0 Å². The number of hydrogen-bond acceptors (Lipinski definition) is 1. The third kappa shape index (κ3) is 3.49. The topological polar surface area (TPSA) is 20.3 Å². The summed E-state index contributed by atoms with van der Waals surface area (Å²) in [5.41, 5.74) is 2.26. The Labute approximate surface area is 151 Å². The number of nitrogens with zero attached hydrogens (tertiary/aromatic N) is 1. The van der Waals surface area contributed by atoms with Crippen molar-refractivity contribution in [2.24, 2.45) is 11.3 Å². The molecule has 1 atom stereocenters. The lowest BCUT2D eigenvalue weighted by molar-refractivity contribution is -0.135. The molecule has 0 spiro atoms. The van der Waals surface area contributed by atoms with Gasteiger partial charge in [-0.1, -0.05) is 87.9 Å². The molecule has 0 N–H and O–H groups in total. The van der Waals surface area contributed by atoms with E-state index in [1.54, 1.807) is 0 Å². The summed E-state index contributed by atoms with van der Waals surface area (Å²) in [6, 6.07) is 21.3. The van der Waals surface area contributed by atoms with Gasteiger partial charge in [0.2, 0.25) is 5.91 Å². The highest BCUT2D eigenvalue weighted by Crippen LogP contribution is 2.47. The molecule has 0 aromatic heterocycles. The van der Waals surface area contributed by atoms with Crippen LogP contribution in [0.4, 0.5) is 0 Å². The van der Waals surface area contributed by atoms with Crippen LogP contribution in [0.15, 0.2) is 60.7 Å². The molecule has 1 aliphatic heterocycles. The van der Waals surface area contributed by atoms with E-state index in [9.17, 15) is 4.79 Å². The Bertz CT molecular complexity index is 653. The van der Waals surface area contributed by atoms with Crippen LogP contribution in [0, 0.1) is 11.3 Å². The van der Waals surface area contributed by atoms with E-state index in [2.05, 4.69) is 86.3 Å². The molecule has 2 aromatic carbocycles. The van der Waals surface area contributed by atoms with E-state index in [-0.39, 0.29) is 17.3 Å². The number of benzene rings is 2. The fraction of sp³-hybridized carbons (Fsp3) is 0.435. The minimum absolute atomic E-state index is 0.243. The van der Waals surface area contributed by atoms with Crippen LogP contribution in [0.1, 0.15) is 50.7 Å². The van der Waals surface area contributed by atoms with Gasteiger partial charge < -0.3 is 4.90 Å². The van der Waals surface area contributed by atoms with Gasteiger partial charge in [-0.3, -0.25) is 4.79 Å². The Morgan fingerprint density at radius 3 is 2.00 bits per heavy atom. The number of rotatable bonds is 6. The highest BCUT2D eigenvalue weighted by atomic mass is 16.2. The van der Waals surface area contributed by atoms with E-state index in [4.69, 9.17) is 0 Å². The first-order chi connectivity index (χ1) is 12.1. The van der Waals surface area contributed by atoms with Gasteiger partial charge in [0.25, 0.3) is 0 Å². The molecule has 1 heterocycles. The predicted octanol–water partition coefficient (Wildman–Crippen LogP) is 5.10. The number of unbranched alkanes of at least 4 members (excludes halogenated alkanes) is 1. The molecule has 2 aromatic rings. The summed E-state index contributed by atoms with van der Waals surface area (Å²) in [6.45, 7) is 8.17. The molecule has 1 saturated heterocycles. The van der Waals surface area contributed by atoms with Crippen LogP contribution in [0.25, 0.3) is 0 Å². The quantitative estimate of drug-likeness (QED) is 0.719. The first kappa shape index (κ1) is 17.7. The maximum absolute atomic E-state index is 13.0. The summed E-state index contributed by atoms with van der Waals surface area (Å²) < 4.78 is 0. The minimum atomic E-state index is -0.343. The standard InChI is InChI=1S/C23H29NO/c1-4-5-16-24-17-20(23(2,3)22(24)25)21(18-12-8-6-9-13-18)19-14-10-7-11-15-19/h6-15,20-21H,4-5,16-17H2,1-3H3. The van der Waals surface area contributed by atoms with E-state index in [0.717, 1.165) is 25.9 Å². The van der Waals surface area contributed by atoms with Crippen LogP contribution in [-0.4, -0.2) is 23.9 Å². The molecule has 0 radical (unpaired) electrons. The minimum Gasteiger partial charge on any atom is -0.342 e. The first-order valence-electron chi connectivity index (χ1n) is 9.45. The van der Waals surface area contributed by atoms with Crippen LogP contribution in [0.3, 0.4) is 0 Å². The second-order valence-electron chi connectivity index (χ2n) is 7.73. The maximum Gasteiger partial charge on any atom is 0.228 e. The number of likely N-dealkylation sites (tertiary alicyclic amines) is 1. The molecule has 25 heavy (non-hydrogen) atoms. The summed E-state index contributed by atoms with van der Waals surface area (Å²) in [4.78, 5) is 15.1. The molecule has 1 amide bonds. The average Bonchev–Trinajstić information content (AvgIpc) is 2.86. The van der Waals surface area contributed by atoms with Crippen molar-refractivity contribution >= 4 is 5.91 Å². The SMILES string of the molecule is CCCCN1CC(C(c2ccccc2)c2ccccc2)C(C)(C)C1=O. The van der Waals surface area contributed by atoms with E-state index in [0.29, 0.717) is 5.91 Å². The van der Waals surface area contributed by atoms with Crippen molar-refractivity contribution < 1.29 is 4.79 Å². The van der Waals surface area contributed by atoms with Crippen molar-refractivity contribution in [3.05, 3.63) is 71.8 Å². The number of carbonyl (C=O) groups is 1. The average molecular weight is 335 g/mol. The Morgan fingerprint density at radius 2 is 1.52 bits per heavy atom. The van der Waals surface area contributed by atoms with Crippen molar-refractivity contribution in [2.45, 2.75) is 39.5 Å². The maximum atomic E-state index is 13.0.